The molecule has 1 aliphatic heterocycles. The van der Waals surface area contributed by atoms with Gasteiger partial charge in [0.05, 0.1) is 23.4 Å². The van der Waals surface area contributed by atoms with Crippen molar-refractivity contribution in [3.63, 3.8) is 0 Å². The number of para-hydroxylation sites is 1. The highest BCUT2D eigenvalue weighted by Gasteiger charge is 2.30. The lowest BCUT2D eigenvalue weighted by atomic mass is 10.1. The third-order valence-electron chi connectivity index (χ3n) is 4.83. The van der Waals surface area contributed by atoms with E-state index in [0.717, 1.165) is 22.1 Å². The Balaban J connectivity index is 1.60. The summed E-state index contributed by atoms with van der Waals surface area (Å²) < 4.78 is 29.7. The number of benzene rings is 3. The number of carbonyl (C=O) groups excluding carboxylic acids is 1. The number of hydrogen-bond acceptors (Lipinski definition) is 4. The van der Waals surface area contributed by atoms with Crippen LogP contribution in [0.2, 0.25) is 0 Å². The Morgan fingerprint density at radius 3 is 2.61 bits per heavy atom. The normalized spacial score (nSPS) is 15.5. The molecular weight excluding hydrogens is 374 g/mol. The van der Waals surface area contributed by atoms with Gasteiger partial charge >= 0.3 is 0 Å². The molecule has 6 heteroatoms. The molecule has 1 amide bonds. The first-order valence-corrected chi connectivity index (χ1v) is 10.5. The number of amides is 1. The summed E-state index contributed by atoms with van der Waals surface area (Å²) in [7, 11) is -1.70. The fourth-order valence-electron chi connectivity index (χ4n) is 3.34. The van der Waals surface area contributed by atoms with E-state index in [-0.39, 0.29) is 23.1 Å². The van der Waals surface area contributed by atoms with Crippen LogP contribution < -0.4 is 9.64 Å². The molecule has 1 heterocycles. The lowest BCUT2D eigenvalue weighted by Crippen LogP contribution is -2.38. The summed E-state index contributed by atoms with van der Waals surface area (Å²) in [5.41, 5.74) is 1.33. The van der Waals surface area contributed by atoms with Gasteiger partial charge in [0.25, 0.3) is 5.91 Å². The maximum absolute atomic E-state index is 12.7. The zero-order valence-corrected chi connectivity index (χ0v) is 16.1. The van der Waals surface area contributed by atoms with Crippen molar-refractivity contribution in [2.24, 2.45) is 0 Å². The number of carbonyl (C=O) groups is 1. The fraction of sp³-hybridized carbons (Fsp3) is 0.136. The molecule has 0 aromatic heterocycles. The van der Waals surface area contributed by atoms with Gasteiger partial charge in [-0.1, -0.05) is 30.3 Å². The number of hydrogen-bond donors (Lipinski definition) is 0. The molecule has 0 saturated carbocycles. The van der Waals surface area contributed by atoms with Crippen LogP contribution in [0.15, 0.2) is 71.6 Å². The van der Waals surface area contributed by atoms with Crippen LogP contribution in [0.25, 0.3) is 16.8 Å². The van der Waals surface area contributed by atoms with Gasteiger partial charge in [-0.3, -0.25) is 4.79 Å². The number of fused-ring (bicyclic) bond motifs is 2. The highest BCUT2D eigenvalue weighted by atomic mass is 32.2. The van der Waals surface area contributed by atoms with Gasteiger partial charge in [0, 0.05) is 12.6 Å². The Bertz CT molecular complexity index is 1200. The van der Waals surface area contributed by atoms with E-state index in [1.165, 1.54) is 11.0 Å². The van der Waals surface area contributed by atoms with E-state index in [0.29, 0.717) is 5.69 Å². The summed E-state index contributed by atoms with van der Waals surface area (Å²) >= 11 is 0. The number of nitrogens with zero attached hydrogens (tertiary/aromatic N) is 1. The maximum atomic E-state index is 12.7. The first-order valence-electron chi connectivity index (χ1n) is 8.87. The summed E-state index contributed by atoms with van der Waals surface area (Å²) in [6.07, 6.45) is 3.23. The van der Waals surface area contributed by atoms with Crippen molar-refractivity contribution in [3.05, 3.63) is 72.3 Å². The molecule has 3 aromatic rings. The lowest BCUT2D eigenvalue weighted by molar-refractivity contribution is -0.114. The molecule has 0 saturated heterocycles. The van der Waals surface area contributed by atoms with Gasteiger partial charge in [0.15, 0.2) is 9.84 Å². The average molecular weight is 393 g/mol. The molecule has 142 valence electrons. The second-order valence-corrected chi connectivity index (χ2v) is 8.66. The van der Waals surface area contributed by atoms with Crippen molar-refractivity contribution in [1.82, 2.24) is 0 Å². The van der Waals surface area contributed by atoms with E-state index in [4.69, 9.17) is 4.74 Å². The summed E-state index contributed by atoms with van der Waals surface area (Å²) in [4.78, 5) is 14.4. The van der Waals surface area contributed by atoms with Gasteiger partial charge < -0.3 is 9.64 Å². The molecular formula is C22H19NO4S. The topological polar surface area (TPSA) is 63.7 Å². The molecule has 0 radical (unpaired) electrons. The quantitative estimate of drug-likeness (QED) is 0.637. The summed E-state index contributed by atoms with van der Waals surface area (Å²) in [6, 6.07) is 18.3. The maximum Gasteiger partial charge on any atom is 0.251 e. The molecule has 0 bridgehead atoms. The van der Waals surface area contributed by atoms with Crippen molar-refractivity contribution in [3.8, 4) is 5.75 Å². The first kappa shape index (κ1) is 18.3. The van der Waals surface area contributed by atoms with E-state index >= 15 is 0 Å². The van der Waals surface area contributed by atoms with Crippen LogP contribution in [0.3, 0.4) is 0 Å². The van der Waals surface area contributed by atoms with Crippen molar-refractivity contribution in [2.45, 2.75) is 4.90 Å². The first-order chi connectivity index (χ1) is 13.5. The van der Waals surface area contributed by atoms with Crippen LogP contribution in [0.1, 0.15) is 5.56 Å². The summed E-state index contributed by atoms with van der Waals surface area (Å²) in [5.74, 6) is 0.489. The van der Waals surface area contributed by atoms with Crippen LogP contribution in [0, 0.1) is 0 Å². The Morgan fingerprint density at radius 1 is 1.04 bits per heavy atom. The molecule has 5 nitrogen and oxygen atoms in total. The monoisotopic (exact) mass is 393 g/mol. The average Bonchev–Trinajstić information content (AvgIpc) is 2.71. The van der Waals surface area contributed by atoms with E-state index in [1.54, 1.807) is 37.5 Å². The van der Waals surface area contributed by atoms with Gasteiger partial charge in [0.1, 0.15) is 5.75 Å². The van der Waals surface area contributed by atoms with E-state index in [9.17, 15) is 13.2 Å². The molecule has 0 unspecified atom stereocenters. The van der Waals surface area contributed by atoms with Gasteiger partial charge in [-0.25, -0.2) is 8.42 Å². The highest BCUT2D eigenvalue weighted by Crippen LogP contribution is 2.30. The summed E-state index contributed by atoms with van der Waals surface area (Å²) in [5, 5.41) is 2.10. The van der Waals surface area contributed by atoms with Crippen LogP contribution >= 0.6 is 0 Å². The number of ether oxygens (including phenoxy) is 1. The van der Waals surface area contributed by atoms with Gasteiger partial charge in [-0.05, 0) is 52.7 Å². The van der Waals surface area contributed by atoms with Crippen molar-refractivity contribution < 1.29 is 17.9 Å². The minimum Gasteiger partial charge on any atom is -0.497 e. The Hall–Kier alpha value is -3.12. The Kier molecular flexibility index (Phi) is 4.65. The number of anilines is 1. The molecule has 28 heavy (non-hydrogen) atoms. The Morgan fingerprint density at radius 2 is 1.79 bits per heavy atom. The molecule has 0 aliphatic carbocycles. The van der Waals surface area contributed by atoms with Crippen molar-refractivity contribution >= 4 is 38.3 Å². The number of rotatable bonds is 3. The van der Waals surface area contributed by atoms with Crippen LogP contribution in [0.5, 0.6) is 5.75 Å². The SMILES string of the molecule is COc1ccc2cc(C=CC(=O)N3CCS(=O)(=O)c4ccccc43)ccc2c1. The van der Waals surface area contributed by atoms with E-state index < -0.39 is 9.84 Å². The minimum atomic E-state index is -3.33. The Labute approximate surface area is 163 Å². The van der Waals surface area contributed by atoms with E-state index in [2.05, 4.69) is 0 Å². The third kappa shape index (κ3) is 3.39. The van der Waals surface area contributed by atoms with Crippen LogP contribution in [-0.2, 0) is 14.6 Å². The third-order valence-corrected chi connectivity index (χ3v) is 6.57. The molecule has 0 N–H and O–H groups in total. The molecule has 3 aromatic carbocycles. The van der Waals surface area contributed by atoms with Crippen molar-refractivity contribution in [2.75, 3.05) is 24.3 Å². The smallest absolute Gasteiger partial charge is 0.251 e. The van der Waals surface area contributed by atoms with Crippen molar-refractivity contribution in [1.29, 1.82) is 0 Å². The second kappa shape index (κ2) is 7.13. The van der Waals surface area contributed by atoms with Gasteiger partial charge in [-0.2, -0.15) is 0 Å². The predicted molar refractivity (Wildman–Crippen MR) is 110 cm³/mol. The number of methoxy groups -OCH3 is 1. The molecule has 0 fully saturated rings. The second-order valence-electron chi connectivity index (χ2n) is 6.58. The summed E-state index contributed by atoms with van der Waals surface area (Å²) in [6.45, 7) is 0.153. The molecule has 0 spiro atoms. The van der Waals surface area contributed by atoms with Gasteiger partial charge in [0.2, 0.25) is 0 Å². The predicted octanol–water partition coefficient (Wildman–Crippen LogP) is 3.68. The highest BCUT2D eigenvalue weighted by molar-refractivity contribution is 7.91. The number of sulfone groups is 1. The standard InChI is InChI=1S/C22H19NO4S/c1-27-19-10-9-17-14-16(6-8-18(17)15-19)7-11-22(24)23-12-13-28(25,26)21-5-3-2-4-20(21)23/h2-11,14-15H,12-13H2,1H3. The molecule has 1 aliphatic rings. The zero-order valence-electron chi connectivity index (χ0n) is 15.3. The lowest BCUT2D eigenvalue weighted by Gasteiger charge is -2.28. The van der Waals surface area contributed by atoms with E-state index in [1.807, 2.05) is 36.4 Å². The van der Waals surface area contributed by atoms with Crippen LogP contribution in [0.4, 0.5) is 5.69 Å². The zero-order chi connectivity index (χ0) is 19.7. The molecule has 0 atom stereocenters. The largest absolute Gasteiger partial charge is 0.497 e. The minimum absolute atomic E-state index is 0.0681. The van der Waals surface area contributed by atoms with Gasteiger partial charge in [-0.15, -0.1) is 0 Å². The fourth-order valence-corrected chi connectivity index (χ4v) is 4.77. The van der Waals surface area contributed by atoms with Crippen LogP contribution in [-0.4, -0.2) is 33.7 Å². The molecule has 4 rings (SSSR count).